The molecule has 0 unspecified atom stereocenters. The number of hydrogen-bond donors (Lipinski definition) is 0. The third kappa shape index (κ3) is 1.96. The predicted octanol–water partition coefficient (Wildman–Crippen LogP) is 4.28. The van der Waals surface area contributed by atoms with Crippen LogP contribution in [0.25, 0.3) is 0 Å². The molecule has 1 aliphatic heterocycles. The Kier molecular flexibility index (Phi) is 2.94. The topological polar surface area (TPSA) is 29.4 Å². The maximum atomic E-state index is 10.8. The highest BCUT2D eigenvalue weighted by Crippen LogP contribution is 2.40. The average molecular weight is 274 g/mol. The number of carbonyl (C=O) groups is 1. The monoisotopic (exact) mass is 273 g/mol. The van der Waals surface area contributed by atoms with E-state index in [0.29, 0.717) is 10.7 Å². The zero-order valence-electron chi connectivity index (χ0n) is 9.26. The SMILES string of the molecule is O=Cc1ccc2c(c1)Sc1ccccc1N=C2Cl. The van der Waals surface area contributed by atoms with Crippen LogP contribution >= 0.6 is 23.4 Å². The Balaban J connectivity index is 2.22. The van der Waals surface area contributed by atoms with Crippen LogP contribution in [0, 0.1) is 0 Å². The lowest BCUT2D eigenvalue weighted by atomic mass is 10.1. The first-order valence-corrected chi connectivity index (χ1v) is 6.58. The van der Waals surface area contributed by atoms with Crippen LogP contribution in [-0.2, 0) is 0 Å². The molecule has 0 amide bonds. The van der Waals surface area contributed by atoms with E-state index in [0.717, 1.165) is 27.3 Å². The predicted molar refractivity (Wildman–Crippen MR) is 74.4 cm³/mol. The zero-order chi connectivity index (χ0) is 12.5. The Bertz CT molecular complexity index is 667. The van der Waals surface area contributed by atoms with Gasteiger partial charge in [-0.1, -0.05) is 47.6 Å². The fourth-order valence-corrected chi connectivity index (χ4v) is 3.17. The van der Waals surface area contributed by atoms with Crippen molar-refractivity contribution in [2.24, 2.45) is 4.99 Å². The second kappa shape index (κ2) is 4.59. The molecule has 0 fully saturated rings. The molecule has 1 heterocycles. The number of aliphatic imine (C=N–C) groups is 1. The quantitative estimate of drug-likeness (QED) is 0.726. The Hall–Kier alpha value is -1.58. The zero-order valence-corrected chi connectivity index (χ0v) is 10.8. The van der Waals surface area contributed by atoms with Gasteiger partial charge in [-0.05, 0) is 18.2 Å². The molecule has 1 aliphatic rings. The second-order valence-corrected chi connectivity index (χ2v) is 5.29. The van der Waals surface area contributed by atoms with Gasteiger partial charge < -0.3 is 0 Å². The van der Waals surface area contributed by atoms with Crippen molar-refractivity contribution in [2.45, 2.75) is 9.79 Å². The molecule has 0 bridgehead atoms. The summed E-state index contributed by atoms with van der Waals surface area (Å²) in [6.07, 6.45) is 0.836. The molecular weight excluding hydrogens is 266 g/mol. The molecule has 0 radical (unpaired) electrons. The third-order valence-electron chi connectivity index (χ3n) is 2.67. The first-order chi connectivity index (χ1) is 8.78. The summed E-state index contributed by atoms with van der Waals surface area (Å²) in [5.41, 5.74) is 2.37. The maximum Gasteiger partial charge on any atom is 0.150 e. The Morgan fingerprint density at radius 2 is 1.94 bits per heavy atom. The number of nitrogens with zero attached hydrogens (tertiary/aromatic N) is 1. The molecule has 0 saturated carbocycles. The number of aldehydes is 1. The van der Waals surface area contributed by atoms with E-state index in [1.54, 1.807) is 17.8 Å². The van der Waals surface area contributed by atoms with Crippen molar-refractivity contribution in [1.82, 2.24) is 0 Å². The summed E-state index contributed by atoms with van der Waals surface area (Å²) >= 11 is 7.80. The number of halogens is 1. The van der Waals surface area contributed by atoms with Gasteiger partial charge >= 0.3 is 0 Å². The van der Waals surface area contributed by atoms with Crippen molar-refractivity contribution in [3.05, 3.63) is 53.6 Å². The van der Waals surface area contributed by atoms with Crippen molar-refractivity contribution in [3.8, 4) is 0 Å². The van der Waals surface area contributed by atoms with E-state index in [9.17, 15) is 4.79 Å². The summed E-state index contributed by atoms with van der Waals surface area (Å²) in [6, 6.07) is 13.2. The molecule has 2 aromatic carbocycles. The van der Waals surface area contributed by atoms with Gasteiger partial charge in [0, 0.05) is 20.9 Å². The van der Waals surface area contributed by atoms with E-state index in [-0.39, 0.29) is 0 Å². The van der Waals surface area contributed by atoms with Crippen LogP contribution < -0.4 is 0 Å². The van der Waals surface area contributed by atoms with Crippen LogP contribution in [0.2, 0.25) is 0 Å². The van der Waals surface area contributed by atoms with Gasteiger partial charge in [0.15, 0.2) is 0 Å². The molecule has 18 heavy (non-hydrogen) atoms. The summed E-state index contributed by atoms with van der Waals surface area (Å²) in [7, 11) is 0. The van der Waals surface area contributed by atoms with E-state index in [4.69, 9.17) is 11.6 Å². The van der Waals surface area contributed by atoms with E-state index in [2.05, 4.69) is 4.99 Å². The summed E-state index contributed by atoms with van der Waals surface area (Å²) in [5.74, 6) is 0. The number of carbonyl (C=O) groups excluding carboxylic acids is 1. The number of fused-ring (bicyclic) bond motifs is 2. The minimum Gasteiger partial charge on any atom is -0.298 e. The number of benzene rings is 2. The molecule has 0 N–H and O–H groups in total. The molecule has 4 heteroatoms. The van der Waals surface area contributed by atoms with Gasteiger partial charge in [-0.25, -0.2) is 4.99 Å². The van der Waals surface area contributed by atoms with Crippen LogP contribution in [0.15, 0.2) is 57.2 Å². The van der Waals surface area contributed by atoms with Crippen molar-refractivity contribution in [1.29, 1.82) is 0 Å². The Morgan fingerprint density at radius 3 is 2.78 bits per heavy atom. The smallest absolute Gasteiger partial charge is 0.150 e. The van der Waals surface area contributed by atoms with Crippen molar-refractivity contribution in [2.75, 3.05) is 0 Å². The maximum absolute atomic E-state index is 10.8. The minimum atomic E-state index is 0.458. The molecule has 0 aliphatic carbocycles. The third-order valence-corrected chi connectivity index (χ3v) is 4.08. The molecule has 88 valence electrons. The van der Waals surface area contributed by atoms with Gasteiger partial charge in [0.25, 0.3) is 0 Å². The Labute approximate surface area is 114 Å². The highest BCUT2D eigenvalue weighted by atomic mass is 35.5. The van der Waals surface area contributed by atoms with Gasteiger partial charge in [0.1, 0.15) is 11.5 Å². The average Bonchev–Trinajstić information content (AvgIpc) is 2.54. The van der Waals surface area contributed by atoms with Gasteiger partial charge in [-0.3, -0.25) is 4.79 Å². The molecule has 0 saturated heterocycles. The highest BCUT2D eigenvalue weighted by Gasteiger charge is 2.16. The lowest BCUT2D eigenvalue weighted by Gasteiger charge is -2.05. The largest absolute Gasteiger partial charge is 0.298 e. The summed E-state index contributed by atoms with van der Waals surface area (Å²) in [6.45, 7) is 0. The standard InChI is InChI=1S/C14H8ClNOS/c15-14-10-6-5-9(8-17)7-13(10)18-12-4-2-1-3-11(12)16-14/h1-8H. The van der Waals surface area contributed by atoms with Gasteiger partial charge in [-0.15, -0.1) is 0 Å². The van der Waals surface area contributed by atoms with E-state index < -0.39 is 0 Å². The lowest BCUT2D eigenvalue weighted by molar-refractivity contribution is 0.112. The molecular formula is C14H8ClNOS. The van der Waals surface area contributed by atoms with Crippen LogP contribution in [-0.4, -0.2) is 11.5 Å². The molecule has 0 atom stereocenters. The van der Waals surface area contributed by atoms with Crippen molar-refractivity contribution in [3.63, 3.8) is 0 Å². The van der Waals surface area contributed by atoms with Gasteiger partial charge in [0.2, 0.25) is 0 Å². The molecule has 3 rings (SSSR count). The van der Waals surface area contributed by atoms with Crippen molar-refractivity contribution < 1.29 is 4.79 Å². The van der Waals surface area contributed by atoms with E-state index in [1.165, 1.54) is 0 Å². The van der Waals surface area contributed by atoms with Gasteiger partial charge in [0.05, 0.1) is 5.69 Å². The highest BCUT2D eigenvalue weighted by molar-refractivity contribution is 7.99. The summed E-state index contributed by atoms with van der Waals surface area (Å²) < 4.78 is 0. The number of para-hydroxylation sites is 1. The normalized spacial score (nSPS) is 13.1. The number of hydrogen-bond acceptors (Lipinski definition) is 3. The first kappa shape index (κ1) is 11.5. The van der Waals surface area contributed by atoms with Crippen LogP contribution in [0.5, 0.6) is 0 Å². The Morgan fingerprint density at radius 1 is 1.11 bits per heavy atom. The second-order valence-electron chi connectivity index (χ2n) is 3.85. The molecule has 2 nitrogen and oxygen atoms in total. The fourth-order valence-electron chi connectivity index (χ4n) is 1.79. The van der Waals surface area contributed by atoms with E-state index in [1.807, 2.05) is 36.4 Å². The first-order valence-electron chi connectivity index (χ1n) is 5.38. The van der Waals surface area contributed by atoms with Crippen LogP contribution in [0.3, 0.4) is 0 Å². The van der Waals surface area contributed by atoms with Gasteiger partial charge in [-0.2, -0.15) is 0 Å². The molecule has 0 spiro atoms. The molecule has 2 aromatic rings. The summed E-state index contributed by atoms with van der Waals surface area (Å²) in [5, 5.41) is 0.458. The number of rotatable bonds is 1. The summed E-state index contributed by atoms with van der Waals surface area (Å²) in [4.78, 5) is 17.2. The molecule has 0 aromatic heterocycles. The lowest BCUT2D eigenvalue weighted by Crippen LogP contribution is -1.93. The van der Waals surface area contributed by atoms with E-state index >= 15 is 0 Å². The minimum absolute atomic E-state index is 0.458. The van der Waals surface area contributed by atoms with Crippen molar-refractivity contribution >= 4 is 40.5 Å². The van der Waals surface area contributed by atoms with Crippen LogP contribution in [0.1, 0.15) is 15.9 Å². The fraction of sp³-hybridized carbons (Fsp3) is 0. The van der Waals surface area contributed by atoms with Crippen LogP contribution in [0.4, 0.5) is 5.69 Å².